The summed E-state index contributed by atoms with van der Waals surface area (Å²) in [5.74, 6) is 14.2. The summed E-state index contributed by atoms with van der Waals surface area (Å²) in [7, 11) is 0. The van der Waals surface area contributed by atoms with E-state index < -0.39 is 5.24 Å². The molecule has 0 spiro atoms. The predicted octanol–water partition coefficient (Wildman–Crippen LogP) is 5.63. The van der Waals surface area contributed by atoms with Gasteiger partial charge in [0, 0.05) is 42.8 Å². The van der Waals surface area contributed by atoms with Gasteiger partial charge in [0.2, 0.25) is 11.1 Å². The van der Waals surface area contributed by atoms with E-state index in [4.69, 9.17) is 11.6 Å². The fourth-order valence-corrected chi connectivity index (χ4v) is 5.94. The molecule has 12 nitrogen and oxygen atoms in total. The van der Waals surface area contributed by atoms with Crippen LogP contribution in [0.25, 0.3) is 22.1 Å². The zero-order valence-corrected chi connectivity index (χ0v) is 30.7. The van der Waals surface area contributed by atoms with E-state index in [9.17, 15) is 9.59 Å². The maximum atomic E-state index is 11.8. The Morgan fingerprint density at radius 3 is 1.75 bits per heavy atom. The third-order valence-electron chi connectivity index (χ3n) is 8.66. The Balaban J connectivity index is 0.000000168. The van der Waals surface area contributed by atoms with Crippen molar-refractivity contribution in [1.82, 2.24) is 40.1 Å². The Kier molecular flexibility index (Phi) is 13.0. The van der Waals surface area contributed by atoms with Crippen LogP contribution in [-0.4, -0.2) is 84.2 Å². The number of carbonyl (C=O) groups is 2. The second kappa shape index (κ2) is 18.9. The number of carbonyl (C=O) groups excluding carboxylic acids is 2. The first-order chi connectivity index (χ1) is 26.9. The van der Waals surface area contributed by atoms with E-state index in [-0.39, 0.29) is 11.9 Å². The number of H-pyrrole nitrogens is 2. The van der Waals surface area contributed by atoms with Crippen molar-refractivity contribution in [2.24, 2.45) is 0 Å². The number of anilines is 2. The molecule has 2 fully saturated rings. The SMILES string of the molecule is C(#Cc1cc2c(N[C@@H]3CCNC3)ncnc2[nH]1)c1ccccc1.C=CC(=O)Cl.C=CC(=O)N1CC[C@@H](Nc2ncnc3[nH]c(C#Cc4ccccc4)cc23)C1. The summed E-state index contributed by atoms with van der Waals surface area (Å²) in [4.78, 5) is 46.8. The molecule has 1 amide bonds. The number of benzene rings is 2. The van der Waals surface area contributed by atoms with Crippen LogP contribution in [0.3, 0.4) is 0 Å². The fourth-order valence-electron chi connectivity index (χ4n) is 5.94. The lowest BCUT2D eigenvalue weighted by Crippen LogP contribution is -2.30. The second-order valence-electron chi connectivity index (χ2n) is 12.5. The number of aromatic nitrogens is 6. The highest BCUT2D eigenvalue weighted by Gasteiger charge is 2.25. The summed E-state index contributed by atoms with van der Waals surface area (Å²) in [6.45, 7) is 10.0. The quantitative estimate of drug-likeness (QED) is 0.0828. The van der Waals surface area contributed by atoms with Gasteiger partial charge in [0.15, 0.2) is 0 Å². The smallest absolute Gasteiger partial charge is 0.246 e. The van der Waals surface area contributed by atoms with Crippen LogP contribution in [0.5, 0.6) is 0 Å². The molecule has 13 heteroatoms. The number of amides is 1. The Labute approximate surface area is 323 Å². The Morgan fingerprint density at radius 2 is 1.27 bits per heavy atom. The fraction of sp³-hybridized carbons (Fsp3) is 0.190. The van der Waals surface area contributed by atoms with Crippen LogP contribution in [0, 0.1) is 23.7 Å². The highest BCUT2D eigenvalue weighted by atomic mass is 35.5. The third-order valence-corrected chi connectivity index (χ3v) is 8.81. The van der Waals surface area contributed by atoms with Crippen molar-refractivity contribution in [3.8, 4) is 23.7 Å². The molecule has 6 heterocycles. The standard InChI is InChI=1S/C21H19N5O.C18H17N5.C3H3ClO/c1-2-19(27)26-11-10-17(13-26)25-21-18-12-16(24-20(18)22-14-23-21)9-8-15-6-4-3-5-7-15;1-2-4-13(5-3-1)6-7-14-10-16-17(22-14)20-12-21-18(16)23-15-8-9-19-11-15;1-2-3(4)5/h2-7,12,14,17H,1,10-11,13H2,(H2,22,23,24,25);1-5,10,12,15,19H,8-9,11H2,(H2,20,21,22,23);2H,1H2/t17-;15-;/m11./s1. The van der Waals surface area contributed by atoms with E-state index in [1.54, 1.807) is 11.2 Å². The lowest BCUT2D eigenvalue weighted by Gasteiger charge is -2.15. The molecule has 55 heavy (non-hydrogen) atoms. The predicted molar refractivity (Wildman–Crippen MR) is 217 cm³/mol. The Hall–Kier alpha value is -6.73. The summed E-state index contributed by atoms with van der Waals surface area (Å²) in [5, 5.41) is 11.6. The van der Waals surface area contributed by atoms with Crippen molar-refractivity contribution in [1.29, 1.82) is 0 Å². The molecule has 5 N–H and O–H groups in total. The van der Waals surface area contributed by atoms with Gasteiger partial charge in [-0.25, -0.2) is 19.9 Å². The van der Waals surface area contributed by atoms with Crippen LogP contribution in [-0.2, 0) is 9.59 Å². The number of nitrogens with zero attached hydrogens (tertiary/aromatic N) is 5. The van der Waals surface area contributed by atoms with Gasteiger partial charge < -0.3 is 30.8 Å². The zero-order chi connectivity index (χ0) is 38.4. The normalized spacial score (nSPS) is 15.5. The summed E-state index contributed by atoms with van der Waals surface area (Å²) >= 11 is 4.71. The van der Waals surface area contributed by atoms with Crippen LogP contribution in [0.2, 0.25) is 0 Å². The van der Waals surface area contributed by atoms with Crippen LogP contribution in [0.15, 0.2) is 111 Å². The molecule has 0 bridgehead atoms. The highest BCUT2D eigenvalue weighted by molar-refractivity contribution is 6.66. The van der Waals surface area contributed by atoms with Gasteiger partial charge in [-0.15, -0.1) is 0 Å². The van der Waals surface area contributed by atoms with E-state index in [2.05, 4.69) is 82.7 Å². The molecule has 276 valence electrons. The minimum Gasteiger partial charge on any atom is -0.365 e. The molecule has 0 radical (unpaired) electrons. The molecule has 2 atom stereocenters. The van der Waals surface area contributed by atoms with Crippen LogP contribution in [0.4, 0.5) is 11.6 Å². The van der Waals surface area contributed by atoms with Gasteiger partial charge in [-0.05, 0) is 91.4 Å². The summed E-state index contributed by atoms with van der Waals surface area (Å²) in [6, 6.07) is 24.3. The molecule has 2 aliphatic heterocycles. The minimum atomic E-state index is -0.509. The van der Waals surface area contributed by atoms with Gasteiger partial charge in [-0.1, -0.05) is 61.4 Å². The van der Waals surface area contributed by atoms with Crippen molar-refractivity contribution >= 4 is 56.5 Å². The van der Waals surface area contributed by atoms with Crippen molar-refractivity contribution in [3.63, 3.8) is 0 Å². The number of allylic oxidation sites excluding steroid dienone is 1. The van der Waals surface area contributed by atoms with Gasteiger partial charge in [-0.2, -0.15) is 0 Å². The first kappa shape index (κ1) is 38.0. The average Bonchev–Trinajstić information content (AvgIpc) is 4.05. The monoisotopic (exact) mass is 750 g/mol. The van der Waals surface area contributed by atoms with E-state index in [1.165, 1.54) is 12.4 Å². The highest BCUT2D eigenvalue weighted by Crippen LogP contribution is 2.24. The molecular formula is C42H39ClN10O2. The topological polar surface area (TPSA) is 157 Å². The number of likely N-dealkylation sites (tertiary alicyclic amines) is 1. The number of rotatable bonds is 6. The van der Waals surface area contributed by atoms with Gasteiger partial charge >= 0.3 is 0 Å². The number of hydrogen-bond donors (Lipinski definition) is 5. The van der Waals surface area contributed by atoms with Crippen molar-refractivity contribution < 1.29 is 9.59 Å². The summed E-state index contributed by atoms with van der Waals surface area (Å²) in [6.07, 6.45) is 7.48. The molecular weight excluding hydrogens is 712 g/mol. The van der Waals surface area contributed by atoms with Crippen molar-refractivity contribution in [2.75, 3.05) is 36.8 Å². The lowest BCUT2D eigenvalue weighted by molar-refractivity contribution is -0.125. The minimum absolute atomic E-state index is 0.0350. The van der Waals surface area contributed by atoms with Gasteiger partial charge in [0.05, 0.1) is 22.2 Å². The molecule has 4 aromatic heterocycles. The molecule has 8 rings (SSSR count). The summed E-state index contributed by atoms with van der Waals surface area (Å²) < 4.78 is 0. The van der Waals surface area contributed by atoms with E-state index in [1.807, 2.05) is 72.8 Å². The van der Waals surface area contributed by atoms with Gasteiger partial charge in [0.1, 0.15) is 35.6 Å². The Bertz CT molecular complexity index is 2400. The van der Waals surface area contributed by atoms with Crippen LogP contribution >= 0.6 is 11.6 Å². The van der Waals surface area contributed by atoms with Gasteiger partial charge in [0.25, 0.3) is 0 Å². The third kappa shape index (κ3) is 10.7. The molecule has 2 aromatic carbocycles. The van der Waals surface area contributed by atoms with Gasteiger partial charge in [-0.3, -0.25) is 9.59 Å². The maximum absolute atomic E-state index is 11.8. The number of nitrogens with one attached hydrogen (secondary N) is 5. The first-order valence-electron chi connectivity index (χ1n) is 17.7. The molecule has 0 saturated carbocycles. The zero-order valence-electron chi connectivity index (χ0n) is 30.0. The largest absolute Gasteiger partial charge is 0.365 e. The molecule has 2 saturated heterocycles. The molecule has 2 aliphatic rings. The molecule has 0 unspecified atom stereocenters. The van der Waals surface area contributed by atoms with E-state index in [0.717, 1.165) is 94.8 Å². The molecule has 0 aliphatic carbocycles. The first-order valence-corrected chi connectivity index (χ1v) is 18.0. The lowest BCUT2D eigenvalue weighted by atomic mass is 10.2. The van der Waals surface area contributed by atoms with Crippen molar-refractivity contribution in [3.05, 3.63) is 133 Å². The van der Waals surface area contributed by atoms with Crippen LogP contribution < -0.4 is 16.0 Å². The summed E-state index contributed by atoms with van der Waals surface area (Å²) in [5.41, 5.74) is 5.13. The number of halogens is 1. The van der Waals surface area contributed by atoms with E-state index >= 15 is 0 Å². The van der Waals surface area contributed by atoms with E-state index in [0.29, 0.717) is 12.6 Å². The average molecular weight is 751 g/mol. The Morgan fingerprint density at radius 1 is 0.745 bits per heavy atom. The second-order valence-corrected chi connectivity index (χ2v) is 12.9. The van der Waals surface area contributed by atoms with Crippen molar-refractivity contribution in [2.45, 2.75) is 24.9 Å². The van der Waals surface area contributed by atoms with Crippen LogP contribution in [0.1, 0.15) is 35.4 Å². The molecule has 6 aromatic rings. The number of fused-ring (bicyclic) bond motifs is 2. The number of hydrogen-bond acceptors (Lipinski definition) is 9. The number of aromatic amines is 2. The maximum Gasteiger partial charge on any atom is 0.246 e.